The molecule has 6 nitrogen and oxygen atoms in total. The van der Waals surface area contributed by atoms with Gasteiger partial charge >= 0.3 is 0 Å². The van der Waals surface area contributed by atoms with Crippen LogP contribution in [0.1, 0.15) is 35.0 Å². The Bertz CT molecular complexity index is 1320. The van der Waals surface area contributed by atoms with Gasteiger partial charge in [-0.05, 0) is 67.0 Å². The van der Waals surface area contributed by atoms with E-state index < -0.39 is 0 Å². The molecule has 1 N–H and O–H groups in total. The number of nitrogens with zero attached hydrogens (tertiary/aromatic N) is 4. The zero-order valence-electron chi connectivity index (χ0n) is 18.7. The molecule has 0 bridgehead atoms. The predicted octanol–water partition coefficient (Wildman–Crippen LogP) is 4.87. The van der Waals surface area contributed by atoms with Crippen molar-refractivity contribution in [2.24, 2.45) is 0 Å². The topological polar surface area (TPSA) is 63.1 Å². The standard InChI is InChI=1S/C26H27N5O/c1-4-30-16-20(15-28-30)22-13-19-9-7-11-31(24(19)12-17(22)2)25-21-10-6-5-8-18(21)14-23(29-25)26(32)27-3/h5-6,8,10,12-16H,4,7,9,11H2,1-3H3,(H,27,32). The molecule has 0 atom stereocenters. The van der Waals surface area contributed by atoms with Crippen molar-refractivity contribution in [2.45, 2.75) is 33.2 Å². The number of anilines is 2. The van der Waals surface area contributed by atoms with Gasteiger partial charge in [-0.1, -0.05) is 24.3 Å². The van der Waals surface area contributed by atoms with E-state index in [2.05, 4.69) is 53.6 Å². The summed E-state index contributed by atoms with van der Waals surface area (Å²) in [4.78, 5) is 19.5. The summed E-state index contributed by atoms with van der Waals surface area (Å²) in [7, 11) is 1.64. The second-order valence-electron chi connectivity index (χ2n) is 8.27. The highest BCUT2D eigenvalue weighted by atomic mass is 16.1. The third kappa shape index (κ3) is 3.42. The zero-order valence-corrected chi connectivity index (χ0v) is 18.7. The lowest BCUT2D eigenvalue weighted by atomic mass is 9.93. The Hall–Kier alpha value is -3.67. The van der Waals surface area contributed by atoms with Crippen LogP contribution in [-0.2, 0) is 13.0 Å². The third-order valence-electron chi connectivity index (χ3n) is 6.25. The van der Waals surface area contributed by atoms with Crippen LogP contribution in [0, 0.1) is 6.92 Å². The van der Waals surface area contributed by atoms with Crippen LogP contribution in [0.4, 0.5) is 11.5 Å². The summed E-state index contributed by atoms with van der Waals surface area (Å²) in [5, 5.41) is 9.23. The highest BCUT2D eigenvalue weighted by Gasteiger charge is 2.24. The number of nitrogens with one attached hydrogen (secondary N) is 1. The molecule has 0 unspecified atom stereocenters. The van der Waals surface area contributed by atoms with E-state index in [9.17, 15) is 4.79 Å². The summed E-state index contributed by atoms with van der Waals surface area (Å²) in [6.45, 7) is 5.97. The minimum atomic E-state index is -0.172. The molecule has 6 heteroatoms. The van der Waals surface area contributed by atoms with Crippen molar-refractivity contribution in [3.63, 3.8) is 0 Å². The first kappa shape index (κ1) is 20.2. The molecule has 0 saturated heterocycles. The average molecular weight is 426 g/mol. The fourth-order valence-electron chi connectivity index (χ4n) is 4.57. The largest absolute Gasteiger partial charge is 0.354 e. The number of fused-ring (bicyclic) bond motifs is 2. The molecule has 0 aliphatic carbocycles. The van der Waals surface area contributed by atoms with Gasteiger partial charge in [-0.15, -0.1) is 0 Å². The molecular weight excluding hydrogens is 398 g/mol. The molecule has 0 fully saturated rings. The van der Waals surface area contributed by atoms with Crippen molar-refractivity contribution in [1.82, 2.24) is 20.1 Å². The van der Waals surface area contributed by atoms with Gasteiger partial charge in [-0.25, -0.2) is 4.98 Å². The maximum absolute atomic E-state index is 12.4. The Kier molecular flexibility index (Phi) is 5.13. The Morgan fingerprint density at radius 1 is 1.19 bits per heavy atom. The van der Waals surface area contributed by atoms with Gasteiger partial charge in [0.25, 0.3) is 5.91 Å². The van der Waals surface area contributed by atoms with Crippen molar-refractivity contribution in [3.8, 4) is 11.1 Å². The number of pyridine rings is 1. The van der Waals surface area contributed by atoms with Crippen LogP contribution < -0.4 is 10.2 Å². The van der Waals surface area contributed by atoms with E-state index in [1.165, 1.54) is 22.4 Å². The second-order valence-corrected chi connectivity index (χ2v) is 8.27. The van der Waals surface area contributed by atoms with E-state index in [-0.39, 0.29) is 5.91 Å². The molecule has 3 heterocycles. The maximum atomic E-state index is 12.4. The van der Waals surface area contributed by atoms with E-state index in [4.69, 9.17) is 4.98 Å². The molecule has 2 aromatic carbocycles. The summed E-state index contributed by atoms with van der Waals surface area (Å²) in [5.41, 5.74) is 6.49. The Balaban J connectivity index is 1.65. The molecule has 2 aromatic heterocycles. The zero-order chi connectivity index (χ0) is 22.2. The lowest BCUT2D eigenvalue weighted by Crippen LogP contribution is -2.27. The highest BCUT2D eigenvalue weighted by molar-refractivity contribution is 6.01. The molecule has 32 heavy (non-hydrogen) atoms. The molecule has 1 amide bonds. The van der Waals surface area contributed by atoms with Crippen LogP contribution in [-0.4, -0.2) is 34.3 Å². The lowest BCUT2D eigenvalue weighted by molar-refractivity contribution is 0.0958. The summed E-state index contributed by atoms with van der Waals surface area (Å²) < 4.78 is 1.96. The van der Waals surface area contributed by atoms with E-state index in [1.807, 2.05) is 35.1 Å². The molecule has 162 valence electrons. The van der Waals surface area contributed by atoms with Crippen molar-refractivity contribution < 1.29 is 4.79 Å². The Morgan fingerprint density at radius 3 is 2.81 bits per heavy atom. The number of aromatic nitrogens is 3. The van der Waals surface area contributed by atoms with Gasteiger partial charge in [0.05, 0.1) is 6.20 Å². The Morgan fingerprint density at radius 2 is 2.03 bits per heavy atom. The fraction of sp³-hybridized carbons (Fsp3) is 0.269. The van der Waals surface area contributed by atoms with Crippen molar-refractivity contribution in [1.29, 1.82) is 0 Å². The summed E-state index contributed by atoms with van der Waals surface area (Å²) in [6, 6.07) is 14.6. The fourth-order valence-corrected chi connectivity index (χ4v) is 4.57. The first-order chi connectivity index (χ1) is 15.6. The van der Waals surface area contributed by atoms with Crippen LogP contribution in [0.25, 0.3) is 21.9 Å². The van der Waals surface area contributed by atoms with Crippen LogP contribution in [0.2, 0.25) is 0 Å². The minimum absolute atomic E-state index is 0.172. The van der Waals surface area contributed by atoms with Gasteiger partial charge in [0.1, 0.15) is 11.5 Å². The number of hydrogen-bond acceptors (Lipinski definition) is 4. The predicted molar refractivity (Wildman–Crippen MR) is 129 cm³/mol. The summed E-state index contributed by atoms with van der Waals surface area (Å²) in [6.07, 6.45) is 6.11. The molecule has 0 spiro atoms. The first-order valence-corrected chi connectivity index (χ1v) is 11.1. The number of hydrogen-bond donors (Lipinski definition) is 1. The molecular formula is C26H27N5O. The monoisotopic (exact) mass is 425 g/mol. The molecule has 0 radical (unpaired) electrons. The second kappa shape index (κ2) is 8.11. The van der Waals surface area contributed by atoms with Gasteiger partial charge in [-0.2, -0.15) is 5.10 Å². The van der Waals surface area contributed by atoms with E-state index in [0.717, 1.165) is 48.1 Å². The van der Waals surface area contributed by atoms with Crippen LogP contribution in [0.5, 0.6) is 0 Å². The number of aryl methyl sites for hydroxylation is 3. The minimum Gasteiger partial charge on any atom is -0.354 e. The molecule has 5 rings (SSSR count). The number of carbonyl (C=O) groups is 1. The first-order valence-electron chi connectivity index (χ1n) is 11.1. The van der Waals surface area contributed by atoms with Crippen molar-refractivity contribution in [3.05, 3.63) is 71.7 Å². The van der Waals surface area contributed by atoms with E-state index in [0.29, 0.717) is 5.69 Å². The quantitative estimate of drug-likeness (QED) is 0.507. The number of amides is 1. The summed E-state index contributed by atoms with van der Waals surface area (Å²) in [5.74, 6) is 0.669. The molecule has 1 aliphatic heterocycles. The van der Waals surface area contributed by atoms with Crippen LogP contribution in [0.3, 0.4) is 0 Å². The Labute approximate surface area is 187 Å². The van der Waals surface area contributed by atoms with Gasteiger partial charge in [0.15, 0.2) is 0 Å². The van der Waals surface area contributed by atoms with E-state index >= 15 is 0 Å². The van der Waals surface area contributed by atoms with Gasteiger partial charge in [0.2, 0.25) is 0 Å². The number of benzene rings is 2. The lowest BCUT2D eigenvalue weighted by Gasteiger charge is -2.32. The van der Waals surface area contributed by atoms with Crippen molar-refractivity contribution in [2.75, 3.05) is 18.5 Å². The normalized spacial score (nSPS) is 13.3. The van der Waals surface area contributed by atoms with E-state index in [1.54, 1.807) is 7.05 Å². The molecule has 0 saturated carbocycles. The average Bonchev–Trinajstić information content (AvgIpc) is 3.31. The SMILES string of the molecule is CCn1cc(-c2cc3c(cc2C)N(c2nc(C(=O)NC)cc4ccccc24)CCC3)cn1. The van der Waals surface area contributed by atoms with Crippen molar-refractivity contribution >= 4 is 28.2 Å². The van der Waals surface area contributed by atoms with Gasteiger partial charge < -0.3 is 10.2 Å². The van der Waals surface area contributed by atoms with Crippen LogP contribution in [0.15, 0.2) is 54.9 Å². The molecule has 1 aliphatic rings. The molecule has 4 aromatic rings. The summed E-state index contributed by atoms with van der Waals surface area (Å²) >= 11 is 0. The highest BCUT2D eigenvalue weighted by Crippen LogP contribution is 2.39. The van der Waals surface area contributed by atoms with Crippen LogP contribution >= 0.6 is 0 Å². The number of rotatable bonds is 4. The number of carbonyl (C=O) groups excluding carboxylic acids is 1. The van der Waals surface area contributed by atoms with Gasteiger partial charge in [-0.3, -0.25) is 9.48 Å². The maximum Gasteiger partial charge on any atom is 0.269 e. The van der Waals surface area contributed by atoms with Gasteiger partial charge in [0, 0.05) is 43.0 Å². The smallest absolute Gasteiger partial charge is 0.269 e. The third-order valence-corrected chi connectivity index (χ3v) is 6.25.